The molecule has 112 valence electrons. The molecule has 1 unspecified atom stereocenters. The van der Waals surface area contributed by atoms with Gasteiger partial charge in [-0.2, -0.15) is 5.26 Å². The molecule has 1 amide bonds. The van der Waals surface area contributed by atoms with E-state index in [0.717, 1.165) is 0 Å². The molecule has 2 N–H and O–H groups in total. The Bertz CT molecular complexity index is 572. The standard InChI is InChI=1S/C14H17N3O4/c1-14(2,3)21-13(20)17-11(12(18)19)7-10-9(8-15)5-4-6-16-10/h4-6,11H,7H2,1-3H3,(H,17,20)(H,18,19). The van der Waals surface area contributed by atoms with Gasteiger partial charge in [0, 0.05) is 12.6 Å². The average Bonchev–Trinajstić information content (AvgIpc) is 2.36. The molecule has 1 atom stereocenters. The summed E-state index contributed by atoms with van der Waals surface area (Å²) in [5.74, 6) is -1.23. The molecule has 0 aromatic carbocycles. The number of aromatic nitrogens is 1. The van der Waals surface area contributed by atoms with Gasteiger partial charge >= 0.3 is 12.1 Å². The van der Waals surface area contributed by atoms with E-state index in [1.165, 1.54) is 12.3 Å². The molecule has 0 radical (unpaired) electrons. The Labute approximate surface area is 122 Å². The highest BCUT2D eigenvalue weighted by Gasteiger charge is 2.25. The van der Waals surface area contributed by atoms with Crippen LogP contribution in [0.3, 0.4) is 0 Å². The molecule has 1 aromatic rings. The molecule has 0 aliphatic carbocycles. The molecule has 0 saturated carbocycles. The molecule has 0 aliphatic heterocycles. The van der Waals surface area contributed by atoms with Gasteiger partial charge in [-0.1, -0.05) is 0 Å². The van der Waals surface area contributed by atoms with E-state index in [9.17, 15) is 9.59 Å². The highest BCUT2D eigenvalue weighted by Crippen LogP contribution is 2.10. The van der Waals surface area contributed by atoms with Gasteiger partial charge in [0.15, 0.2) is 0 Å². The van der Waals surface area contributed by atoms with E-state index >= 15 is 0 Å². The highest BCUT2D eigenvalue weighted by atomic mass is 16.6. The van der Waals surface area contributed by atoms with Crippen LogP contribution >= 0.6 is 0 Å². The number of nitriles is 1. The Balaban J connectivity index is 2.82. The van der Waals surface area contributed by atoms with Crippen molar-refractivity contribution >= 4 is 12.1 Å². The molecular formula is C14H17N3O4. The molecular weight excluding hydrogens is 274 g/mol. The number of ether oxygens (including phenoxy) is 1. The van der Waals surface area contributed by atoms with Gasteiger partial charge in [-0.25, -0.2) is 9.59 Å². The Hall–Kier alpha value is -2.62. The van der Waals surface area contributed by atoms with Gasteiger partial charge in [0.25, 0.3) is 0 Å². The van der Waals surface area contributed by atoms with Crippen molar-refractivity contribution in [1.29, 1.82) is 5.26 Å². The topological polar surface area (TPSA) is 112 Å². The summed E-state index contributed by atoms with van der Waals surface area (Å²) in [5.41, 5.74) is -0.145. The van der Waals surface area contributed by atoms with Crippen molar-refractivity contribution in [2.75, 3.05) is 0 Å². The zero-order valence-electron chi connectivity index (χ0n) is 12.1. The lowest BCUT2D eigenvalue weighted by Gasteiger charge is -2.22. The minimum Gasteiger partial charge on any atom is -0.480 e. The van der Waals surface area contributed by atoms with Gasteiger partial charge < -0.3 is 15.2 Å². The van der Waals surface area contributed by atoms with E-state index in [-0.39, 0.29) is 12.0 Å². The summed E-state index contributed by atoms with van der Waals surface area (Å²) >= 11 is 0. The smallest absolute Gasteiger partial charge is 0.408 e. The molecule has 7 heteroatoms. The number of hydrogen-bond donors (Lipinski definition) is 2. The van der Waals surface area contributed by atoms with Gasteiger partial charge in [-0.15, -0.1) is 0 Å². The first-order valence-corrected chi connectivity index (χ1v) is 6.29. The van der Waals surface area contributed by atoms with E-state index in [1.807, 2.05) is 6.07 Å². The van der Waals surface area contributed by atoms with Crippen LogP contribution in [0, 0.1) is 11.3 Å². The second kappa shape index (κ2) is 6.70. The number of carbonyl (C=O) groups excluding carboxylic acids is 1. The average molecular weight is 291 g/mol. The molecule has 1 heterocycles. The molecule has 0 spiro atoms. The zero-order valence-corrected chi connectivity index (χ0v) is 12.1. The largest absolute Gasteiger partial charge is 0.480 e. The van der Waals surface area contributed by atoms with Crippen LogP contribution in [0.2, 0.25) is 0 Å². The van der Waals surface area contributed by atoms with E-state index < -0.39 is 23.7 Å². The minimum absolute atomic E-state index is 0.0989. The number of nitrogens with one attached hydrogen (secondary N) is 1. The van der Waals surface area contributed by atoms with Gasteiger partial charge in [0.1, 0.15) is 17.7 Å². The maximum atomic E-state index is 11.6. The lowest BCUT2D eigenvalue weighted by molar-refractivity contribution is -0.139. The molecule has 21 heavy (non-hydrogen) atoms. The van der Waals surface area contributed by atoms with Crippen molar-refractivity contribution in [2.45, 2.75) is 38.8 Å². The summed E-state index contributed by atoms with van der Waals surface area (Å²) in [6, 6.07) is 3.83. The van der Waals surface area contributed by atoms with Crippen molar-refractivity contribution in [3.05, 3.63) is 29.6 Å². The van der Waals surface area contributed by atoms with Gasteiger partial charge in [0.2, 0.25) is 0 Å². The molecule has 0 bridgehead atoms. The number of hydrogen-bond acceptors (Lipinski definition) is 5. The molecule has 0 aliphatic rings. The SMILES string of the molecule is CC(C)(C)OC(=O)NC(Cc1ncccc1C#N)C(=O)O. The zero-order chi connectivity index (χ0) is 16.0. The van der Waals surface area contributed by atoms with Gasteiger partial charge in [0.05, 0.1) is 11.3 Å². The third-order valence-electron chi connectivity index (χ3n) is 2.40. The number of amides is 1. The van der Waals surface area contributed by atoms with Crippen LogP contribution in [0.15, 0.2) is 18.3 Å². The number of carboxylic acids is 1. The maximum Gasteiger partial charge on any atom is 0.408 e. The number of rotatable bonds is 4. The van der Waals surface area contributed by atoms with Crippen LogP contribution in [0.4, 0.5) is 4.79 Å². The predicted molar refractivity (Wildman–Crippen MR) is 73.4 cm³/mol. The second-order valence-corrected chi connectivity index (χ2v) is 5.35. The van der Waals surface area contributed by atoms with Crippen LogP contribution in [0.1, 0.15) is 32.0 Å². The number of alkyl carbamates (subject to hydrolysis) is 1. The molecule has 0 saturated heterocycles. The Morgan fingerprint density at radius 3 is 2.71 bits per heavy atom. The van der Waals surface area contributed by atoms with E-state index in [0.29, 0.717) is 5.69 Å². The quantitative estimate of drug-likeness (QED) is 0.868. The first-order chi connectivity index (χ1) is 9.73. The molecule has 1 aromatic heterocycles. The molecule has 0 fully saturated rings. The summed E-state index contributed by atoms with van der Waals surface area (Å²) in [4.78, 5) is 26.8. The first-order valence-electron chi connectivity index (χ1n) is 6.29. The van der Waals surface area contributed by atoms with Crippen LogP contribution < -0.4 is 5.32 Å². The summed E-state index contributed by atoms with van der Waals surface area (Å²) in [5, 5.41) is 20.4. The summed E-state index contributed by atoms with van der Waals surface area (Å²) < 4.78 is 5.01. The monoisotopic (exact) mass is 291 g/mol. The Kier molecular flexibility index (Phi) is 5.24. The lowest BCUT2D eigenvalue weighted by atomic mass is 10.1. The van der Waals surface area contributed by atoms with Crippen molar-refractivity contribution in [3.63, 3.8) is 0 Å². The van der Waals surface area contributed by atoms with Crippen molar-refractivity contribution in [3.8, 4) is 6.07 Å². The van der Waals surface area contributed by atoms with Gasteiger partial charge in [-0.05, 0) is 32.9 Å². The van der Waals surface area contributed by atoms with Crippen LogP contribution in [-0.2, 0) is 16.0 Å². The molecule has 1 rings (SSSR count). The lowest BCUT2D eigenvalue weighted by Crippen LogP contribution is -2.44. The fourth-order valence-corrected chi connectivity index (χ4v) is 1.55. The summed E-state index contributed by atoms with van der Waals surface area (Å²) in [6.45, 7) is 5.03. The fraction of sp³-hybridized carbons (Fsp3) is 0.429. The molecule has 7 nitrogen and oxygen atoms in total. The third-order valence-corrected chi connectivity index (χ3v) is 2.40. The number of nitrogens with zero attached hydrogens (tertiary/aromatic N) is 2. The van der Waals surface area contributed by atoms with Crippen molar-refractivity contribution < 1.29 is 19.4 Å². The predicted octanol–water partition coefficient (Wildman–Crippen LogP) is 1.47. The van der Waals surface area contributed by atoms with Crippen molar-refractivity contribution in [2.24, 2.45) is 0 Å². The Morgan fingerprint density at radius 1 is 1.52 bits per heavy atom. The minimum atomic E-state index is -1.23. The highest BCUT2D eigenvalue weighted by molar-refractivity contribution is 5.80. The second-order valence-electron chi connectivity index (χ2n) is 5.35. The first kappa shape index (κ1) is 16.4. The van der Waals surface area contributed by atoms with Gasteiger partial charge in [-0.3, -0.25) is 4.98 Å². The van der Waals surface area contributed by atoms with E-state index in [4.69, 9.17) is 15.1 Å². The number of carboxylic acid groups (broad SMARTS) is 1. The Morgan fingerprint density at radius 2 is 2.19 bits per heavy atom. The van der Waals surface area contributed by atoms with E-state index in [1.54, 1.807) is 26.8 Å². The number of aliphatic carboxylic acids is 1. The summed E-state index contributed by atoms with van der Waals surface area (Å²) in [7, 11) is 0. The summed E-state index contributed by atoms with van der Waals surface area (Å²) in [6.07, 6.45) is 0.533. The normalized spacial score (nSPS) is 12.1. The fourth-order valence-electron chi connectivity index (χ4n) is 1.55. The number of pyridine rings is 1. The number of carbonyl (C=O) groups is 2. The maximum absolute atomic E-state index is 11.6. The third kappa shape index (κ3) is 5.48. The van der Waals surface area contributed by atoms with Crippen molar-refractivity contribution in [1.82, 2.24) is 10.3 Å². The van der Waals surface area contributed by atoms with E-state index in [2.05, 4.69) is 10.3 Å². The van der Waals surface area contributed by atoms with Crippen LogP contribution in [0.5, 0.6) is 0 Å². The van der Waals surface area contributed by atoms with Crippen LogP contribution in [-0.4, -0.2) is 33.8 Å². The van der Waals surface area contributed by atoms with Crippen LogP contribution in [0.25, 0.3) is 0 Å².